The lowest BCUT2D eigenvalue weighted by atomic mass is 14.6. The first-order chi connectivity index (χ1) is 4.98. The minimum Gasteiger partial charge on any atom is -0.747 e. The molecule has 11 heavy (non-hydrogen) atoms. The third-order valence-corrected chi connectivity index (χ3v) is 1.01. The van der Waals surface area contributed by atoms with Gasteiger partial charge in [0, 0.05) is 0 Å². The van der Waals surface area contributed by atoms with E-state index in [0.29, 0.717) is 0 Å². The Labute approximate surface area is 63.0 Å². The normalized spacial score (nSPS) is 14.7. The van der Waals surface area contributed by atoms with Crippen LogP contribution in [-0.2, 0) is 39.8 Å². The number of rotatable bonds is 5. The van der Waals surface area contributed by atoms with Crippen LogP contribution in [0, 0.1) is 0 Å². The van der Waals surface area contributed by atoms with E-state index >= 15 is 0 Å². The summed E-state index contributed by atoms with van der Waals surface area (Å²) in [7, 11) is -4.81. The van der Waals surface area contributed by atoms with Gasteiger partial charge in [0.1, 0.15) is 11.4 Å². The van der Waals surface area contributed by atoms with Crippen molar-refractivity contribution in [2.45, 2.75) is 0 Å². The molecule has 0 aliphatic heterocycles. The van der Waals surface area contributed by atoms with Gasteiger partial charge >= 0.3 is 10.4 Å². The third-order valence-electron chi connectivity index (χ3n) is 0.280. The van der Waals surface area contributed by atoms with Crippen molar-refractivity contribution in [3.05, 3.63) is 0 Å². The van der Waals surface area contributed by atoms with Crippen molar-refractivity contribution in [3.63, 3.8) is 0 Å². The molecule has 68 valence electrons. The lowest BCUT2D eigenvalue weighted by molar-refractivity contribution is -0.442. The summed E-state index contributed by atoms with van der Waals surface area (Å²) < 4.78 is 48.1. The summed E-state index contributed by atoms with van der Waals surface area (Å²) in [5.74, 6) is 0. The Morgan fingerprint density at radius 1 is 1.36 bits per heavy atom. The van der Waals surface area contributed by atoms with E-state index in [2.05, 4.69) is 18.0 Å². The molecule has 0 fully saturated rings. The van der Waals surface area contributed by atoms with Crippen molar-refractivity contribution in [2.75, 3.05) is 0 Å². The maximum atomic E-state index is 10.0. The average molecular weight is 209 g/mol. The van der Waals surface area contributed by atoms with Crippen LogP contribution in [0.1, 0.15) is 0 Å². The Hall–Kier alpha value is -0.140. The summed E-state index contributed by atoms with van der Waals surface area (Å²) in [5.41, 5.74) is 0. The topological polar surface area (TPSA) is 131 Å². The highest BCUT2D eigenvalue weighted by Gasteiger charge is 2.14. The molecule has 0 saturated carbocycles. The Balaban J connectivity index is 3.84. The van der Waals surface area contributed by atoms with Crippen molar-refractivity contribution < 1.29 is 40.5 Å². The van der Waals surface area contributed by atoms with Crippen LogP contribution in [0.25, 0.3) is 0 Å². The fraction of sp³-hybridized carbons (Fsp3) is 0. The van der Waals surface area contributed by atoms with E-state index in [-0.39, 0.29) is 0 Å². The quantitative estimate of drug-likeness (QED) is 0.322. The monoisotopic (exact) mass is 209 g/mol. The van der Waals surface area contributed by atoms with Gasteiger partial charge in [-0.2, -0.15) is 8.42 Å². The van der Waals surface area contributed by atoms with Gasteiger partial charge in [-0.1, -0.05) is 13.7 Å². The second-order valence-electron chi connectivity index (χ2n) is 0.891. The van der Waals surface area contributed by atoms with E-state index in [9.17, 15) is 17.2 Å². The largest absolute Gasteiger partial charge is 0.747 e. The zero-order chi connectivity index (χ0) is 8.91. The van der Waals surface area contributed by atoms with E-state index in [1.807, 2.05) is 0 Å². The minimum absolute atomic E-state index is 2.64. The zero-order valence-electron chi connectivity index (χ0n) is 4.53. The highest BCUT2D eigenvalue weighted by atomic mass is 32.3. The molecule has 11 heteroatoms. The molecule has 0 amide bonds. The van der Waals surface area contributed by atoms with Gasteiger partial charge in [0.2, 0.25) is 0 Å². The van der Waals surface area contributed by atoms with Gasteiger partial charge in [-0.05, 0) is 0 Å². The highest BCUT2D eigenvalue weighted by Crippen LogP contribution is 1.96. The molecule has 1 unspecified atom stereocenters. The van der Waals surface area contributed by atoms with Crippen molar-refractivity contribution >= 4 is 21.8 Å². The smallest absolute Gasteiger partial charge is 0.456 e. The molecule has 0 radical (unpaired) electrons. The second-order valence-corrected chi connectivity index (χ2v) is 2.52. The van der Waals surface area contributed by atoms with Crippen molar-refractivity contribution in [1.82, 2.24) is 0 Å². The lowest BCUT2D eigenvalue weighted by Crippen LogP contribution is -2.11. The molecule has 0 aromatic rings. The van der Waals surface area contributed by atoms with Crippen molar-refractivity contribution in [1.29, 1.82) is 0 Å². The molecule has 9 nitrogen and oxygen atoms in total. The van der Waals surface area contributed by atoms with E-state index in [0.717, 1.165) is 0 Å². The highest BCUT2D eigenvalue weighted by molar-refractivity contribution is 7.82. The van der Waals surface area contributed by atoms with Crippen LogP contribution in [0.3, 0.4) is 0 Å². The van der Waals surface area contributed by atoms with Gasteiger partial charge in [0.15, 0.2) is 0 Å². The number of hydrogen-bond donors (Lipinski definition) is 1. The van der Waals surface area contributed by atoms with Gasteiger partial charge in [-0.25, -0.2) is 9.47 Å². The molecular formula is HO9S2-. The standard InChI is InChI=1S/H2O9S2/c1-6-8-11(4,5)9-7-10(2)3/h1H,(H,2,3)/p-1. The van der Waals surface area contributed by atoms with Crippen molar-refractivity contribution in [3.8, 4) is 0 Å². The molecule has 0 aliphatic rings. The van der Waals surface area contributed by atoms with Crippen LogP contribution in [0.2, 0.25) is 0 Å². The Morgan fingerprint density at radius 2 is 1.91 bits per heavy atom. The molecule has 0 spiro atoms. The molecule has 0 aromatic carbocycles. The van der Waals surface area contributed by atoms with Crippen LogP contribution >= 0.6 is 0 Å². The van der Waals surface area contributed by atoms with Crippen molar-refractivity contribution in [2.24, 2.45) is 0 Å². The first-order valence-corrected chi connectivity index (χ1v) is 4.02. The Bertz CT molecular complexity index is 210. The van der Waals surface area contributed by atoms with Gasteiger partial charge in [0.25, 0.3) is 0 Å². The summed E-state index contributed by atoms with van der Waals surface area (Å²) in [4.78, 5) is 0. The van der Waals surface area contributed by atoms with Gasteiger partial charge < -0.3 is 4.55 Å². The molecule has 0 rings (SSSR count). The number of hydrogen-bond acceptors (Lipinski definition) is 9. The zero-order valence-corrected chi connectivity index (χ0v) is 6.16. The van der Waals surface area contributed by atoms with Gasteiger partial charge in [-0.3, -0.25) is 0 Å². The first kappa shape index (κ1) is 10.9. The lowest BCUT2D eigenvalue weighted by Gasteiger charge is -2.01. The maximum absolute atomic E-state index is 10.0. The van der Waals surface area contributed by atoms with Crippen LogP contribution in [0.4, 0.5) is 0 Å². The third kappa shape index (κ3) is 6.27. The predicted octanol–water partition coefficient (Wildman–Crippen LogP) is -1.61. The van der Waals surface area contributed by atoms with Gasteiger partial charge in [-0.15, -0.1) is 4.33 Å². The average Bonchev–Trinajstić information content (AvgIpc) is 1.84. The fourth-order valence-electron chi connectivity index (χ4n) is 0.105. The molecule has 0 saturated heterocycles. The van der Waals surface area contributed by atoms with E-state index in [1.165, 1.54) is 0 Å². The first-order valence-electron chi connectivity index (χ1n) is 1.68. The summed E-state index contributed by atoms with van der Waals surface area (Å²) in [6, 6.07) is 0. The van der Waals surface area contributed by atoms with E-state index < -0.39 is 21.8 Å². The molecule has 1 N–H and O–H groups in total. The van der Waals surface area contributed by atoms with Crippen LogP contribution in [0.5, 0.6) is 0 Å². The molecular weight excluding hydrogens is 208 g/mol. The minimum atomic E-state index is -4.81. The molecule has 0 aromatic heterocycles. The van der Waals surface area contributed by atoms with Crippen LogP contribution in [-0.4, -0.2) is 22.4 Å². The summed E-state index contributed by atoms with van der Waals surface area (Å²) in [6.45, 7) is 0. The molecule has 0 heterocycles. The molecule has 0 aliphatic carbocycles. The van der Waals surface area contributed by atoms with Crippen LogP contribution in [0.15, 0.2) is 0 Å². The second kappa shape index (κ2) is 4.68. The maximum Gasteiger partial charge on any atom is 0.456 e. The summed E-state index contributed by atoms with van der Waals surface area (Å²) >= 11 is -3.18. The van der Waals surface area contributed by atoms with Crippen LogP contribution < -0.4 is 0 Å². The fourth-order valence-corrected chi connectivity index (χ4v) is 0.656. The Kier molecular flexibility index (Phi) is 4.62. The summed E-state index contributed by atoms with van der Waals surface area (Å²) in [6.07, 6.45) is 0. The van der Waals surface area contributed by atoms with E-state index in [4.69, 9.17) is 5.26 Å². The van der Waals surface area contributed by atoms with E-state index in [1.54, 1.807) is 0 Å². The SMILES string of the molecule is O=S([O-])OOS(=O)(=O)OOO. The van der Waals surface area contributed by atoms with Gasteiger partial charge in [0.05, 0.1) is 0 Å². The summed E-state index contributed by atoms with van der Waals surface area (Å²) in [5, 5.41) is 10.0. The Morgan fingerprint density at radius 3 is 2.27 bits per heavy atom. The molecule has 1 atom stereocenters. The molecule has 0 bridgehead atoms. The predicted molar refractivity (Wildman–Crippen MR) is 24.8 cm³/mol.